The first-order valence-electron chi connectivity index (χ1n) is 3.47. The number of allylic oxidation sites excluding steroid dienone is 1. The highest BCUT2D eigenvalue weighted by Gasteiger charge is 2.20. The molecule has 4 heteroatoms. The van der Waals surface area contributed by atoms with Crippen LogP contribution in [0.25, 0.3) is 0 Å². The zero-order valence-corrected chi connectivity index (χ0v) is 6.28. The molecule has 64 valence electrons. The summed E-state index contributed by atoms with van der Waals surface area (Å²) in [5, 5.41) is 16.8. The Bertz CT molecular complexity index is 279. The number of aliphatic carboxylic acids is 2. The fourth-order valence-electron chi connectivity index (χ4n) is 0.827. The third kappa shape index (κ3) is 2.23. The molecule has 0 unspecified atom stereocenters. The Morgan fingerprint density at radius 2 is 1.75 bits per heavy atom. The van der Waals surface area contributed by atoms with Crippen LogP contribution in [0.2, 0.25) is 0 Å². The van der Waals surface area contributed by atoms with Gasteiger partial charge in [0.05, 0.1) is 5.57 Å². The first-order chi connectivity index (χ1) is 5.61. The molecule has 1 aliphatic carbocycles. The van der Waals surface area contributed by atoms with E-state index in [0.29, 0.717) is 0 Å². The van der Waals surface area contributed by atoms with Crippen LogP contribution in [0.1, 0.15) is 12.8 Å². The minimum Gasteiger partial charge on any atom is -0.478 e. The Balaban J connectivity index is 2.76. The van der Waals surface area contributed by atoms with Crippen LogP contribution in [0.15, 0.2) is 23.3 Å². The number of carboxylic acids is 2. The summed E-state index contributed by atoms with van der Waals surface area (Å²) in [6.45, 7) is 0. The van der Waals surface area contributed by atoms with E-state index in [1.165, 1.54) is 0 Å². The predicted octanol–water partition coefficient (Wildman–Crippen LogP) is 0.802. The van der Waals surface area contributed by atoms with E-state index in [2.05, 4.69) is 0 Å². The van der Waals surface area contributed by atoms with E-state index >= 15 is 0 Å². The largest absolute Gasteiger partial charge is 0.478 e. The fourth-order valence-corrected chi connectivity index (χ4v) is 0.827. The quantitative estimate of drug-likeness (QED) is 0.611. The lowest BCUT2D eigenvalue weighted by Crippen LogP contribution is -1.98. The first-order valence-corrected chi connectivity index (χ1v) is 3.47. The highest BCUT2D eigenvalue weighted by molar-refractivity contribution is 5.93. The van der Waals surface area contributed by atoms with Gasteiger partial charge in [0.25, 0.3) is 0 Å². The molecular weight excluding hydrogens is 160 g/mol. The molecule has 0 aromatic heterocycles. The summed E-state index contributed by atoms with van der Waals surface area (Å²) in [5.41, 5.74) is 0.942. The molecule has 4 nitrogen and oxygen atoms in total. The van der Waals surface area contributed by atoms with Gasteiger partial charge in [-0.15, -0.1) is 0 Å². The average molecular weight is 168 g/mol. The van der Waals surface area contributed by atoms with Gasteiger partial charge in [-0.05, 0) is 18.9 Å². The van der Waals surface area contributed by atoms with Crippen molar-refractivity contribution in [2.75, 3.05) is 0 Å². The molecule has 0 aromatic carbocycles. The van der Waals surface area contributed by atoms with Crippen molar-refractivity contribution in [2.45, 2.75) is 12.8 Å². The molecule has 0 bridgehead atoms. The summed E-state index contributed by atoms with van der Waals surface area (Å²) in [6.07, 6.45) is 3.51. The van der Waals surface area contributed by atoms with Gasteiger partial charge >= 0.3 is 11.9 Å². The Morgan fingerprint density at radius 1 is 1.17 bits per heavy atom. The molecule has 2 N–H and O–H groups in total. The van der Waals surface area contributed by atoms with Gasteiger partial charge in [-0.3, -0.25) is 0 Å². The van der Waals surface area contributed by atoms with Crippen molar-refractivity contribution in [2.24, 2.45) is 0 Å². The first kappa shape index (κ1) is 8.52. The molecule has 0 radical (unpaired) electrons. The second-order valence-electron chi connectivity index (χ2n) is 2.49. The van der Waals surface area contributed by atoms with Crippen LogP contribution in [0.4, 0.5) is 0 Å². The molecule has 1 fully saturated rings. The second-order valence-corrected chi connectivity index (χ2v) is 2.49. The van der Waals surface area contributed by atoms with Crippen molar-refractivity contribution < 1.29 is 19.8 Å². The number of carboxylic acid groups (broad SMARTS) is 2. The van der Waals surface area contributed by atoms with E-state index < -0.39 is 11.9 Å². The Kier molecular flexibility index (Phi) is 2.28. The van der Waals surface area contributed by atoms with Crippen LogP contribution in [0.5, 0.6) is 0 Å². The highest BCUT2D eigenvalue weighted by atomic mass is 16.4. The normalized spacial score (nSPS) is 14.8. The van der Waals surface area contributed by atoms with Crippen molar-refractivity contribution >= 4 is 11.9 Å². The zero-order valence-electron chi connectivity index (χ0n) is 6.28. The number of hydrogen-bond donors (Lipinski definition) is 2. The van der Waals surface area contributed by atoms with E-state index in [4.69, 9.17) is 10.2 Å². The van der Waals surface area contributed by atoms with Crippen LogP contribution < -0.4 is 0 Å². The molecule has 0 atom stereocenters. The summed E-state index contributed by atoms with van der Waals surface area (Å²) in [4.78, 5) is 20.6. The summed E-state index contributed by atoms with van der Waals surface area (Å²) in [5.74, 6) is -2.19. The number of carbonyl (C=O) groups is 2. The standard InChI is InChI=1S/C8H8O4/c9-7(10)4-3-6(8(11)12)5-1-2-5/h3-4H,1-2H2,(H,9,10)(H,11,12). The van der Waals surface area contributed by atoms with Crippen LogP contribution in [0, 0.1) is 0 Å². The topological polar surface area (TPSA) is 74.6 Å². The van der Waals surface area contributed by atoms with Gasteiger partial charge in [-0.2, -0.15) is 0 Å². The van der Waals surface area contributed by atoms with Crippen LogP contribution in [-0.4, -0.2) is 22.2 Å². The van der Waals surface area contributed by atoms with Gasteiger partial charge in [-0.1, -0.05) is 5.57 Å². The fraction of sp³-hybridized carbons (Fsp3) is 0.250. The van der Waals surface area contributed by atoms with E-state index in [9.17, 15) is 9.59 Å². The third-order valence-electron chi connectivity index (χ3n) is 1.50. The van der Waals surface area contributed by atoms with Crippen LogP contribution >= 0.6 is 0 Å². The molecule has 0 aromatic rings. The minimum absolute atomic E-state index is 0.123. The van der Waals surface area contributed by atoms with E-state index in [-0.39, 0.29) is 5.57 Å². The molecule has 1 aliphatic rings. The monoisotopic (exact) mass is 168 g/mol. The zero-order chi connectivity index (χ0) is 9.14. The molecule has 0 heterocycles. The van der Waals surface area contributed by atoms with E-state index in [1.807, 2.05) is 0 Å². The van der Waals surface area contributed by atoms with Crippen molar-refractivity contribution in [1.29, 1.82) is 0 Å². The molecule has 12 heavy (non-hydrogen) atoms. The van der Waals surface area contributed by atoms with Crippen LogP contribution in [0.3, 0.4) is 0 Å². The van der Waals surface area contributed by atoms with E-state index in [0.717, 1.165) is 30.6 Å². The van der Waals surface area contributed by atoms with Gasteiger partial charge < -0.3 is 10.2 Å². The maximum atomic E-state index is 10.5. The third-order valence-corrected chi connectivity index (χ3v) is 1.50. The Morgan fingerprint density at radius 3 is 2.08 bits per heavy atom. The van der Waals surface area contributed by atoms with Crippen molar-refractivity contribution in [3.05, 3.63) is 23.3 Å². The van der Waals surface area contributed by atoms with Gasteiger partial charge in [-0.25, -0.2) is 9.59 Å². The molecule has 0 saturated heterocycles. The van der Waals surface area contributed by atoms with E-state index in [1.54, 1.807) is 0 Å². The highest BCUT2D eigenvalue weighted by Crippen LogP contribution is 2.32. The number of rotatable bonds is 3. The maximum absolute atomic E-state index is 10.5. The Labute approximate surface area is 68.8 Å². The minimum atomic E-state index is -1.13. The lowest BCUT2D eigenvalue weighted by Gasteiger charge is -1.90. The predicted molar refractivity (Wildman–Crippen MR) is 40.7 cm³/mol. The molecule has 1 rings (SSSR count). The summed E-state index contributed by atoms with van der Waals surface area (Å²) in [7, 11) is 0. The van der Waals surface area contributed by atoms with Crippen molar-refractivity contribution in [3.8, 4) is 0 Å². The van der Waals surface area contributed by atoms with Crippen molar-refractivity contribution in [1.82, 2.24) is 0 Å². The molecule has 0 spiro atoms. The second kappa shape index (κ2) is 3.21. The lowest BCUT2D eigenvalue weighted by atomic mass is 10.2. The summed E-state index contributed by atoms with van der Waals surface area (Å²) >= 11 is 0. The number of hydrogen-bond acceptors (Lipinski definition) is 2. The average Bonchev–Trinajstić information content (AvgIpc) is 2.69. The lowest BCUT2D eigenvalue weighted by molar-refractivity contribution is -0.132. The smallest absolute Gasteiger partial charge is 0.335 e. The summed E-state index contributed by atoms with van der Waals surface area (Å²) in [6, 6.07) is 0. The van der Waals surface area contributed by atoms with Crippen LogP contribution in [-0.2, 0) is 9.59 Å². The summed E-state index contributed by atoms with van der Waals surface area (Å²) < 4.78 is 0. The SMILES string of the molecule is O=C(O)C=CC(C(=O)O)=C1CC1. The van der Waals surface area contributed by atoms with Gasteiger partial charge in [0.2, 0.25) is 0 Å². The molecule has 0 aliphatic heterocycles. The van der Waals surface area contributed by atoms with Gasteiger partial charge in [0.1, 0.15) is 0 Å². The van der Waals surface area contributed by atoms with Gasteiger partial charge in [0.15, 0.2) is 0 Å². The maximum Gasteiger partial charge on any atom is 0.335 e. The molecular formula is C8H8O4. The molecule has 1 saturated carbocycles. The molecule has 0 amide bonds. The van der Waals surface area contributed by atoms with Gasteiger partial charge in [0, 0.05) is 6.08 Å². The van der Waals surface area contributed by atoms with Crippen molar-refractivity contribution in [3.63, 3.8) is 0 Å². The Hall–Kier alpha value is -1.58.